The molecule has 0 radical (unpaired) electrons. The van der Waals surface area contributed by atoms with E-state index >= 15 is 0 Å². The Morgan fingerprint density at radius 1 is 1.65 bits per heavy atom. The van der Waals surface area contributed by atoms with E-state index in [4.69, 9.17) is 10.3 Å². The summed E-state index contributed by atoms with van der Waals surface area (Å²) in [6, 6.07) is -0.795. The first-order valence-corrected chi connectivity index (χ1v) is 6.45. The van der Waals surface area contributed by atoms with Crippen molar-refractivity contribution in [3.8, 4) is 0 Å². The number of nitrogens with two attached hydrogens (primary N) is 1. The number of carbonyl (C=O) groups excluding carboxylic acids is 1. The van der Waals surface area contributed by atoms with Crippen LogP contribution in [0, 0.1) is 0 Å². The van der Waals surface area contributed by atoms with Crippen LogP contribution in [0.5, 0.6) is 0 Å². The molecule has 1 aromatic heterocycles. The van der Waals surface area contributed by atoms with Crippen molar-refractivity contribution in [3.05, 3.63) is 18.2 Å². The van der Waals surface area contributed by atoms with E-state index in [2.05, 4.69) is 15.3 Å². The third-order valence-corrected chi connectivity index (χ3v) is 2.71. The maximum atomic E-state index is 11.4. The average Bonchev–Trinajstić information content (AvgIpc) is 2.68. The van der Waals surface area contributed by atoms with Crippen LogP contribution >= 0.6 is 0 Å². The Balaban J connectivity index is 2.32. The molecule has 1 heterocycles. The standard InChI is InChI=1S/C8H14N4O4S/c9-7(3-6-4-10-5-12-6)8(13)11-1-2-17(14,15)16/h4-5,7H,1-3,9H2,(H,10,12)(H,11,13)(H,14,15,16)/t7-/m0/s1. The van der Waals surface area contributed by atoms with Crippen LogP contribution < -0.4 is 11.1 Å². The summed E-state index contributed by atoms with van der Waals surface area (Å²) in [5.74, 6) is -1.02. The number of nitrogens with one attached hydrogen (secondary N) is 2. The molecule has 0 bridgehead atoms. The van der Waals surface area contributed by atoms with Crippen molar-refractivity contribution in [1.82, 2.24) is 15.3 Å². The number of H-pyrrole nitrogens is 1. The van der Waals surface area contributed by atoms with Gasteiger partial charge in [-0.1, -0.05) is 0 Å². The molecule has 0 aliphatic carbocycles. The molecule has 0 spiro atoms. The minimum atomic E-state index is -4.07. The highest BCUT2D eigenvalue weighted by Crippen LogP contribution is 1.96. The number of aromatic amines is 1. The first-order chi connectivity index (χ1) is 7.88. The second kappa shape index (κ2) is 5.75. The second-order valence-electron chi connectivity index (χ2n) is 3.46. The lowest BCUT2D eigenvalue weighted by Crippen LogP contribution is -2.43. The molecule has 17 heavy (non-hydrogen) atoms. The van der Waals surface area contributed by atoms with Gasteiger partial charge in [0, 0.05) is 24.9 Å². The molecule has 1 rings (SSSR count). The van der Waals surface area contributed by atoms with Gasteiger partial charge in [0.1, 0.15) is 0 Å². The SMILES string of the molecule is N[C@@H](Cc1cnc[nH]1)C(=O)NCCS(=O)(=O)O. The van der Waals surface area contributed by atoms with Crippen LogP contribution in [0.2, 0.25) is 0 Å². The topological polar surface area (TPSA) is 138 Å². The summed E-state index contributed by atoms with van der Waals surface area (Å²) in [6.45, 7) is -0.172. The lowest BCUT2D eigenvalue weighted by atomic mass is 10.1. The average molecular weight is 262 g/mol. The van der Waals surface area contributed by atoms with Gasteiger partial charge in [0.05, 0.1) is 18.1 Å². The van der Waals surface area contributed by atoms with Gasteiger partial charge < -0.3 is 16.0 Å². The van der Waals surface area contributed by atoms with Gasteiger partial charge in [0.25, 0.3) is 10.1 Å². The number of carbonyl (C=O) groups is 1. The van der Waals surface area contributed by atoms with Gasteiger partial charge in [0.15, 0.2) is 0 Å². The molecular formula is C8H14N4O4S. The molecule has 9 heteroatoms. The Kier molecular flexibility index (Phi) is 4.61. The number of rotatable bonds is 6. The minimum Gasteiger partial charge on any atom is -0.354 e. The highest BCUT2D eigenvalue weighted by molar-refractivity contribution is 7.85. The quantitative estimate of drug-likeness (QED) is 0.450. The maximum absolute atomic E-state index is 11.4. The van der Waals surface area contributed by atoms with Crippen molar-refractivity contribution in [1.29, 1.82) is 0 Å². The Morgan fingerprint density at radius 2 is 2.35 bits per heavy atom. The van der Waals surface area contributed by atoms with Gasteiger partial charge in [-0.05, 0) is 0 Å². The summed E-state index contributed by atoms with van der Waals surface area (Å²) in [6.07, 6.45) is 3.29. The Hall–Kier alpha value is -1.45. The number of hydrogen-bond donors (Lipinski definition) is 4. The summed E-state index contributed by atoms with van der Waals surface area (Å²) >= 11 is 0. The third kappa shape index (κ3) is 5.43. The van der Waals surface area contributed by atoms with Crippen molar-refractivity contribution in [2.45, 2.75) is 12.5 Å². The number of imidazole rings is 1. The van der Waals surface area contributed by atoms with Gasteiger partial charge in [-0.2, -0.15) is 8.42 Å². The molecule has 96 valence electrons. The van der Waals surface area contributed by atoms with E-state index < -0.39 is 27.8 Å². The predicted molar refractivity (Wildman–Crippen MR) is 59.7 cm³/mol. The Labute approximate surface area is 98.4 Å². The smallest absolute Gasteiger partial charge is 0.266 e. The molecule has 0 aliphatic rings. The van der Waals surface area contributed by atoms with Gasteiger partial charge in [-0.3, -0.25) is 9.35 Å². The molecule has 1 amide bonds. The summed E-state index contributed by atoms with van der Waals surface area (Å²) < 4.78 is 29.3. The van der Waals surface area contributed by atoms with Crippen LogP contribution in [-0.2, 0) is 21.3 Å². The monoisotopic (exact) mass is 262 g/mol. The molecular weight excluding hydrogens is 248 g/mol. The van der Waals surface area contributed by atoms with Crippen molar-refractivity contribution in [3.63, 3.8) is 0 Å². The molecule has 0 saturated heterocycles. The number of nitrogens with zero attached hydrogens (tertiary/aromatic N) is 1. The molecule has 1 atom stereocenters. The molecule has 0 saturated carbocycles. The van der Waals surface area contributed by atoms with E-state index in [1.54, 1.807) is 6.20 Å². The largest absolute Gasteiger partial charge is 0.354 e. The van der Waals surface area contributed by atoms with E-state index in [9.17, 15) is 13.2 Å². The van der Waals surface area contributed by atoms with E-state index in [-0.39, 0.29) is 13.0 Å². The normalized spacial score (nSPS) is 13.3. The fourth-order valence-corrected chi connectivity index (χ4v) is 1.52. The number of amides is 1. The summed E-state index contributed by atoms with van der Waals surface area (Å²) in [7, 11) is -4.07. The zero-order valence-corrected chi connectivity index (χ0v) is 9.77. The van der Waals surface area contributed by atoms with Gasteiger partial charge in [-0.25, -0.2) is 4.98 Å². The number of aromatic nitrogens is 2. The van der Waals surface area contributed by atoms with Crippen molar-refractivity contribution in [2.24, 2.45) is 5.73 Å². The van der Waals surface area contributed by atoms with Gasteiger partial charge in [-0.15, -0.1) is 0 Å². The van der Waals surface area contributed by atoms with Crippen molar-refractivity contribution < 1.29 is 17.8 Å². The summed E-state index contributed by atoms with van der Waals surface area (Å²) in [5, 5.41) is 2.31. The van der Waals surface area contributed by atoms with Gasteiger partial charge in [0.2, 0.25) is 5.91 Å². The van der Waals surface area contributed by atoms with E-state index in [1.165, 1.54) is 6.33 Å². The van der Waals surface area contributed by atoms with Crippen LogP contribution in [0.15, 0.2) is 12.5 Å². The van der Waals surface area contributed by atoms with E-state index in [0.717, 1.165) is 0 Å². The molecule has 0 aliphatic heterocycles. The summed E-state index contributed by atoms with van der Waals surface area (Å²) in [5.41, 5.74) is 6.30. The van der Waals surface area contributed by atoms with Crippen LogP contribution in [0.3, 0.4) is 0 Å². The van der Waals surface area contributed by atoms with Crippen LogP contribution in [0.25, 0.3) is 0 Å². The first-order valence-electron chi connectivity index (χ1n) is 4.84. The van der Waals surface area contributed by atoms with Crippen LogP contribution in [0.1, 0.15) is 5.69 Å². The zero-order chi connectivity index (χ0) is 12.9. The lowest BCUT2D eigenvalue weighted by molar-refractivity contribution is -0.122. The van der Waals surface area contributed by atoms with Gasteiger partial charge >= 0.3 is 0 Å². The Morgan fingerprint density at radius 3 is 2.88 bits per heavy atom. The minimum absolute atomic E-state index is 0.172. The molecule has 1 aromatic rings. The van der Waals surface area contributed by atoms with Crippen LogP contribution in [-0.4, -0.2) is 47.2 Å². The second-order valence-corrected chi connectivity index (χ2v) is 5.04. The molecule has 0 aromatic carbocycles. The number of hydrogen-bond acceptors (Lipinski definition) is 5. The van der Waals surface area contributed by atoms with Crippen molar-refractivity contribution >= 4 is 16.0 Å². The first kappa shape index (κ1) is 13.6. The fraction of sp³-hybridized carbons (Fsp3) is 0.500. The maximum Gasteiger partial charge on any atom is 0.266 e. The van der Waals surface area contributed by atoms with Crippen molar-refractivity contribution in [2.75, 3.05) is 12.3 Å². The zero-order valence-electron chi connectivity index (χ0n) is 8.96. The molecule has 5 N–H and O–H groups in total. The lowest BCUT2D eigenvalue weighted by Gasteiger charge is -2.10. The van der Waals surface area contributed by atoms with E-state index in [1.807, 2.05) is 0 Å². The highest BCUT2D eigenvalue weighted by Gasteiger charge is 2.15. The molecule has 0 unspecified atom stereocenters. The van der Waals surface area contributed by atoms with Crippen LogP contribution in [0.4, 0.5) is 0 Å². The summed E-state index contributed by atoms with van der Waals surface area (Å²) in [4.78, 5) is 18.0. The van der Waals surface area contributed by atoms with E-state index in [0.29, 0.717) is 5.69 Å². The predicted octanol–water partition coefficient (Wildman–Crippen LogP) is -1.72. The highest BCUT2D eigenvalue weighted by atomic mass is 32.2. The molecule has 8 nitrogen and oxygen atoms in total. The fourth-order valence-electron chi connectivity index (χ4n) is 1.16. The molecule has 0 fully saturated rings. The third-order valence-electron chi connectivity index (χ3n) is 1.99. The Bertz CT molecular complexity index is 456.